The Kier molecular flexibility index (Phi) is 10.1. The summed E-state index contributed by atoms with van der Waals surface area (Å²) in [6.07, 6.45) is 7.09. The Bertz CT molecular complexity index is 3740. The minimum Gasteiger partial charge on any atom is -0.355 e. The van der Waals surface area contributed by atoms with Gasteiger partial charge in [0.1, 0.15) is 0 Å². The number of hydrogen-bond acceptors (Lipinski definition) is 3. The Morgan fingerprint density at radius 3 is 1.69 bits per heavy atom. The van der Waals surface area contributed by atoms with E-state index in [1.807, 2.05) is 11.3 Å². The number of aryl methyl sites for hydroxylation is 1. The van der Waals surface area contributed by atoms with Gasteiger partial charge in [0.15, 0.2) is 7.28 Å². The van der Waals surface area contributed by atoms with Crippen molar-refractivity contribution in [3.05, 3.63) is 159 Å². The summed E-state index contributed by atoms with van der Waals surface area (Å²) < 4.78 is 2.72. The molecule has 0 saturated carbocycles. The summed E-state index contributed by atoms with van der Waals surface area (Å²) in [7, 11) is 0.844. The highest BCUT2D eigenvalue weighted by Crippen LogP contribution is 2.57. The second-order valence-corrected chi connectivity index (χ2v) is 29.3. The minimum atomic E-state index is -0.117. The van der Waals surface area contributed by atoms with E-state index in [2.05, 4.69) is 223 Å². The SMILES string of the molecule is Cc1cc2c(cc1N1c3cc4c(cc3Bc3c(-c5cc6c(cc5Nc5ccc7c(c5)C(C)(C)CCC7(C)C)C(C)(C)CCC6(C)C)cc5c(sc6ccccc65)c31)C(C)(C)c1ccccc1-4)C(C)(C)CCC2(C)C. The molecule has 7 aromatic carbocycles. The van der Waals surface area contributed by atoms with Crippen LogP contribution in [-0.2, 0) is 37.9 Å². The lowest BCUT2D eigenvalue weighted by atomic mass is 9.56. The van der Waals surface area contributed by atoms with Crippen LogP contribution in [0.4, 0.5) is 28.4 Å². The Labute approximate surface area is 447 Å². The van der Waals surface area contributed by atoms with Gasteiger partial charge < -0.3 is 10.2 Å². The lowest BCUT2D eigenvalue weighted by Crippen LogP contribution is -2.42. The molecule has 0 radical (unpaired) electrons. The van der Waals surface area contributed by atoms with Crippen LogP contribution in [0.25, 0.3) is 42.4 Å². The van der Waals surface area contributed by atoms with E-state index >= 15 is 0 Å². The molecule has 0 bridgehead atoms. The van der Waals surface area contributed by atoms with Crippen LogP contribution in [0.15, 0.2) is 109 Å². The van der Waals surface area contributed by atoms with Crippen LogP contribution in [-0.4, -0.2) is 7.28 Å². The Morgan fingerprint density at radius 2 is 1.01 bits per heavy atom. The van der Waals surface area contributed by atoms with E-state index in [-0.39, 0.29) is 37.9 Å². The van der Waals surface area contributed by atoms with Crippen molar-refractivity contribution >= 4 is 78.2 Å². The van der Waals surface area contributed by atoms with Crippen molar-refractivity contribution in [1.82, 2.24) is 0 Å². The smallest absolute Gasteiger partial charge is 0.198 e. The summed E-state index contributed by atoms with van der Waals surface area (Å²) in [6, 6.07) is 44.1. The molecule has 2 heterocycles. The molecule has 1 N–H and O–H groups in total. The molecular weight excluding hydrogens is 912 g/mol. The average Bonchev–Trinajstić information content (AvgIpc) is 3.83. The number of hydrogen-bond donors (Lipinski definition) is 1. The van der Waals surface area contributed by atoms with E-state index in [0.29, 0.717) is 0 Å². The lowest BCUT2D eigenvalue weighted by Gasteiger charge is -2.44. The molecule has 0 atom stereocenters. The summed E-state index contributed by atoms with van der Waals surface area (Å²) >= 11 is 1.99. The average molecular weight is 989 g/mol. The third-order valence-corrected chi connectivity index (χ3v) is 21.4. The van der Waals surface area contributed by atoms with Crippen molar-refractivity contribution in [2.24, 2.45) is 0 Å². The van der Waals surface area contributed by atoms with Crippen LogP contribution in [0.3, 0.4) is 0 Å². The maximum Gasteiger partial charge on any atom is 0.198 e. The number of thiophene rings is 1. The highest BCUT2D eigenvalue weighted by atomic mass is 32.1. The zero-order valence-electron chi connectivity index (χ0n) is 47.2. The van der Waals surface area contributed by atoms with Gasteiger partial charge in [0, 0.05) is 49.2 Å². The molecule has 74 heavy (non-hydrogen) atoms. The first-order valence-electron chi connectivity index (χ1n) is 28.1. The van der Waals surface area contributed by atoms with Crippen molar-refractivity contribution in [2.45, 2.75) is 180 Å². The number of nitrogens with one attached hydrogen (secondary N) is 1. The number of rotatable bonds is 4. The van der Waals surface area contributed by atoms with E-state index in [0.717, 1.165) is 13.7 Å². The Hall–Kier alpha value is -5.58. The fraction of sp³-hybridized carbons (Fsp3) is 0.400. The molecule has 376 valence electrons. The molecule has 2 nitrogen and oxygen atoms in total. The first-order valence-corrected chi connectivity index (χ1v) is 28.9. The van der Waals surface area contributed by atoms with Gasteiger partial charge in [0.25, 0.3) is 0 Å². The first-order chi connectivity index (χ1) is 34.8. The molecule has 1 aliphatic heterocycles. The summed E-state index contributed by atoms with van der Waals surface area (Å²) in [4.78, 5) is 2.78. The molecule has 4 aliphatic carbocycles. The molecule has 4 heteroatoms. The zero-order chi connectivity index (χ0) is 52.0. The van der Waals surface area contributed by atoms with E-state index in [1.54, 1.807) is 0 Å². The van der Waals surface area contributed by atoms with Crippen molar-refractivity contribution < 1.29 is 0 Å². The number of benzene rings is 7. The molecule has 0 spiro atoms. The second kappa shape index (κ2) is 15.5. The van der Waals surface area contributed by atoms with Gasteiger partial charge in [0.05, 0.1) is 10.4 Å². The fourth-order valence-corrected chi connectivity index (χ4v) is 16.2. The summed E-state index contributed by atoms with van der Waals surface area (Å²) in [5, 5.41) is 6.94. The summed E-state index contributed by atoms with van der Waals surface area (Å²) in [5.74, 6) is 0. The Balaban J connectivity index is 1.14. The maximum absolute atomic E-state index is 4.25. The monoisotopic (exact) mass is 989 g/mol. The van der Waals surface area contributed by atoms with Gasteiger partial charge >= 0.3 is 0 Å². The molecule has 5 aliphatic rings. The van der Waals surface area contributed by atoms with Crippen LogP contribution in [0.2, 0.25) is 0 Å². The van der Waals surface area contributed by atoms with Gasteiger partial charge in [-0.05, 0) is 199 Å². The van der Waals surface area contributed by atoms with Crippen LogP contribution in [0, 0.1) is 6.92 Å². The molecule has 8 aromatic rings. The highest BCUT2D eigenvalue weighted by molar-refractivity contribution is 7.26. The fourth-order valence-electron chi connectivity index (χ4n) is 14.9. The molecule has 0 saturated heterocycles. The van der Waals surface area contributed by atoms with Gasteiger partial charge in [-0.2, -0.15) is 0 Å². The molecule has 0 amide bonds. The predicted molar refractivity (Wildman–Crippen MR) is 324 cm³/mol. The zero-order valence-corrected chi connectivity index (χ0v) is 48.0. The van der Waals surface area contributed by atoms with Gasteiger partial charge in [-0.1, -0.05) is 163 Å². The molecule has 0 fully saturated rings. The highest BCUT2D eigenvalue weighted by Gasteiger charge is 2.44. The first kappa shape index (κ1) is 48.1. The molecule has 13 rings (SSSR count). The van der Waals surface area contributed by atoms with Crippen LogP contribution in [0.1, 0.15) is 186 Å². The van der Waals surface area contributed by atoms with Crippen molar-refractivity contribution in [2.75, 3.05) is 10.2 Å². The maximum atomic E-state index is 4.25. The standard InChI is InChI=1S/C70H77BN2S/c1-40-32-51-55(69(12,13)31-28-65(51,4)5)39-58(40)73-59-36-44-42-20-16-18-22-48(42)70(14,15)50(44)37-56(59)71-61-46(34-47-43-21-17-19-23-60(43)74-63(47)62(61)73)45-35-53-54(68(10,11)30-29-67(53,8)9)38-57(45)72-41-24-25-49-52(33-41)66(6,7)27-26-64(49,2)3/h16-25,32-39,71-72H,26-31H2,1-15H3. The third kappa shape index (κ3) is 6.94. The largest absolute Gasteiger partial charge is 0.355 e. The minimum absolute atomic E-state index is 0.0272. The quantitative estimate of drug-likeness (QED) is 0.177. The van der Waals surface area contributed by atoms with E-state index in [4.69, 9.17) is 0 Å². The number of fused-ring (bicyclic) bond motifs is 12. The van der Waals surface area contributed by atoms with Crippen molar-refractivity contribution in [3.63, 3.8) is 0 Å². The summed E-state index contributed by atoms with van der Waals surface area (Å²) in [6.45, 7) is 37.0. The normalized spacial score (nSPS) is 20.3. The topological polar surface area (TPSA) is 15.3 Å². The van der Waals surface area contributed by atoms with Crippen molar-refractivity contribution in [1.29, 1.82) is 0 Å². The third-order valence-electron chi connectivity index (χ3n) is 20.2. The second-order valence-electron chi connectivity index (χ2n) is 28.3. The number of anilines is 5. The lowest BCUT2D eigenvalue weighted by molar-refractivity contribution is 0.332. The van der Waals surface area contributed by atoms with E-state index in [1.165, 1.54) is 164 Å². The van der Waals surface area contributed by atoms with Gasteiger partial charge in [-0.25, -0.2) is 0 Å². The van der Waals surface area contributed by atoms with Crippen molar-refractivity contribution in [3.8, 4) is 22.3 Å². The molecule has 1 aromatic heterocycles. The van der Waals surface area contributed by atoms with Gasteiger partial charge in [-0.15, -0.1) is 11.3 Å². The van der Waals surface area contributed by atoms with Crippen LogP contribution < -0.4 is 21.1 Å². The Morgan fingerprint density at radius 1 is 0.446 bits per heavy atom. The van der Waals surface area contributed by atoms with E-state index in [9.17, 15) is 0 Å². The molecule has 0 unspecified atom stereocenters. The van der Waals surface area contributed by atoms with Crippen LogP contribution >= 0.6 is 11.3 Å². The predicted octanol–water partition coefficient (Wildman–Crippen LogP) is 18.3. The van der Waals surface area contributed by atoms with Crippen LogP contribution in [0.5, 0.6) is 0 Å². The molecular formula is C70H77BN2S. The summed E-state index contributed by atoms with van der Waals surface area (Å²) in [5.41, 5.74) is 28.1. The van der Waals surface area contributed by atoms with Gasteiger partial charge in [-0.3, -0.25) is 0 Å². The van der Waals surface area contributed by atoms with Gasteiger partial charge in [0.2, 0.25) is 0 Å². The van der Waals surface area contributed by atoms with E-state index < -0.39 is 0 Å². The number of nitrogens with zero attached hydrogens (tertiary/aromatic N) is 1.